The number of esters is 1. The summed E-state index contributed by atoms with van der Waals surface area (Å²) in [4.78, 5) is 15.8. The van der Waals surface area contributed by atoms with Gasteiger partial charge in [-0.2, -0.15) is 0 Å². The highest BCUT2D eigenvalue weighted by molar-refractivity contribution is 5.71. The van der Waals surface area contributed by atoms with Crippen molar-refractivity contribution >= 4 is 5.97 Å². The van der Waals surface area contributed by atoms with Crippen molar-refractivity contribution in [2.75, 3.05) is 13.7 Å². The first kappa shape index (κ1) is 26.9. The fourth-order valence-electron chi connectivity index (χ4n) is 6.94. The van der Waals surface area contributed by atoms with Crippen LogP contribution in [0.2, 0.25) is 0 Å². The summed E-state index contributed by atoms with van der Waals surface area (Å²) < 4.78 is 12.0. The van der Waals surface area contributed by atoms with Crippen LogP contribution in [0.25, 0.3) is 0 Å². The largest absolute Gasteiger partial charge is 0.460 e. The van der Waals surface area contributed by atoms with E-state index in [0.717, 1.165) is 25.1 Å². The van der Waals surface area contributed by atoms with Crippen molar-refractivity contribution in [2.24, 2.45) is 16.7 Å². The fourth-order valence-corrected chi connectivity index (χ4v) is 6.94. The first-order valence-electron chi connectivity index (χ1n) is 13.5. The molecule has 0 N–H and O–H groups in total. The summed E-state index contributed by atoms with van der Waals surface area (Å²) in [6, 6.07) is 19.2. The Morgan fingerprint density at radius 1 is 1.08 bits per heavy atom. The Bertz CT molecular complexity index is 1020. The maximum atomic E-state index is 13.2. The zero-order valence-corrected chi connectivity index (χ0v) is 23.3. The molecule has 0 spiro atoms. The number of nitrogens with zero attached hydrogens (tertiary/aromatic N) is 1. The van der Waals surface area contributed by atoms with Crippen LogP contribution in [0.15, 0.2) is 54.6 Å². The number of carbonyl (C=O) groups is 1. The van der Waals surface area contributed by atoms with Gasteiger partial charge in [-0.05, 0) is 69.4 Å². The molecular weight excluding hydrogens is 446 g/mol. The number of hydrogen-bond donors (Lipinski definition) is 0. The second-order valence-electron chi connectivity index (χ2n) is 12.7. The zero-order chi connectivity index (χ0) is 26.1. The average Bonchev–Trinajstić information content (AvgIpc) is 3.18. The number of rotatable bonds is 9. The van der Waals surface area contributed by atoms with Crippen molar-refractivity contribution in [3.63, 3.8) is 0 Å². The fraction of sp³-hybridized carbons (Fsp3) is 0.594. The number of hydrogen-bond acceptors (Lipinski definition) is 4. The van der Waals surface area contributed by atoms with Crippen LogP contribution < -0.4 is 0 Å². The normalized spacial score (nSPS) is 25.8. The molecule has 0 radical (unpaired) electrons. The zero-order valence-electron chi connectivity index (χ0n) is 23.3. The number of methoxy groups -OCH3 is 1. The summed E-state index contributed by atoms with van der Waals surface area (Å²) in [7, 11) is 1.88. The lowest BCUT2D eigenvalue weighted by Crippen LogP contribution is -2.49. The molecule has 2 bridgehead atoms. The highest BCUT2D eigenvalue weighted by atomic mass is 16.6. The summed E-state index contributed by atoms with van der Waals surface area (Å²) in [5.74, 6) is 0.534. The quantitative estimate of drug-likeness (QED) is 0.350. The summed E-state index contributed by atoms with van der Waals surface area (Å²) in [6.45, 7) is 14.5. The Morgan fingerprint density at radius 2 is 1.75 bits per heavy atom. The van der Waals surface area contributed by atoms with Crippen LogP contribution >= 0.6 is 0 Å². The Morgan fingerprint density at radius 3 is 2.33 bits per heavy atom. The van der Waals surface area contributed by atoms with Gasteiger partial charge in [0.05, 0.1) is 12.5 Å². The molecule has 0 heterocycles. The Kier molecular flexibility index (Phi) is 7.69. The van der Waals surface area contributed by atoms with Crippen molar-refractivity contribution in [3.05, 3.63) is 71.3 Å². The standard InChI is InChI=1S/C32H45NO3/c1-23-13-15-25(16-14-23)27(20-29(34)36-30(2,3)4)33(21-24-11-9-8-10-12-24)22-32-18-17-26(31(32,5)6)19-28(32)35-7/h8-16,26-28H,17-22H2,1-7H3/t26-,27+,28-,32-/m1/s1. The third-order valence-electron chi connectivity index (χ3n) is 9.04. The first-order chi connectivity index (χ1) is 16.9. The van der Waals surface area contributed by atoms with Gasteiger partial charge in [0.2, 0.25) is 0 Å². The van der Waals surface area contributed by atoms with Crippen LogP contribution in [0.4, 0.5) is 0 Å². The van der Waals surface area contributed by atoms with E-state index in [1.165, 1.54) is 24.0 Å². The minimum atomic E-state index is -0.509. The second-order valence-corrected chi connectivity index (χ2v) is 12.7. The molecule has 0 saturated heterocycles. The second kappa shape index (κ2) is 10.3. The van der Waals surface area contributed by atoms with E-state index in [0.29, 0.717) is 12.3 Å². The molecular formula is C32H45NO3. The molecule has 2 aromatic rings. The van der Waals surface area contributed by atoms with Gasteiger partial charge in [-0.15, -0.1) is 0 Å². The molecule has 4 heteroatoms. The number of benzene rings is 2. The molecule has 0 aliphatic heterocycles. The van der Waals surface area contributed by atoms with Crippen LogP contribution in [-0.4, -0.2) is 36.2 Å². The van der Waals surface area contributed by atoms with E-state index >= 15 is 0 Å². The molecule has 2 saturated carbocycles. The Labute approximate surface area is 218 Å². The van der Waals surface area contributed by atoms with E-state index in [4.69, 9.17) is 9.47 Å². The SMILES string of the molecule is CO[C@@H]1C[C@H]2CC[C@]1(CN(Cc1ccccc1)[C@@H](CC(=O)OC(C)(C)C)c1ccc(C)cc1)C2(C)C. The van der Waals surface area contributed by atoms with E-state index in [2.05, 4.69) is 80.3 Å². The van der Waals surface area contributed by atoms with E-state index in [9.17, 15) is 4.79 Å². The van der Waals surface area contributed by atoms with Crippen molar-refractivity contribution in [2.45, 2.75) is 91.5 Å². The monoisotopic (exact) mass is 491 g/mol. The van der Waals surface area contributed by atoms with Crippen LogP contribution in [-0.2, 0) is 20.8 Å². The molecule has 2 aliphatic carbocycles. The highest BCUT2D eigenvalue weighted by Crippen LogP contribution is 2.67. The number of ether oxygens (including phenoxy) is 2. The summed E-state index contributed by atoms with van der Waals surface area (Å²) in [6.07, 6.45) is 4.12. The predicted octanol–water partition coefficient (Wildman–Crippen LogP) is 7.11. The molecule has 2 aliphatic rings. The molecule has 0 aromatic heterocycles. The van der Waals surface area contributed by atoms with Crippen LogP contribution in [0.1, 0.15) is 83.0 Å². The summed E-state index contributed by atoms with van der Waals surface area (Å²) in [5, 5.41) is 0. The third-order valence-corrected chi connectivity index (χ3v) is 9.04. The van der Waals surface area contributed by atoms with E-state index in [1.807, 2.05) is 27.9 Å². The van der Waals surface area contributed by atoms with E-state index in [-0.39, 0.29) is 28.9 Å². The summed E-state index contributed by atoms with van der Waals surface area (Å²) >= 11 is 0. The van der Waals surface area contributed by atoms with Gasteiger partial charge in [0.15, 0.2) is 0 Å². The molecule has 0 amide bonds. The molecule has 4 nitrogen and oxygen atoms in total. The van der Waals surface area contributed by atoms with Crippen LogP contribution in [0.3, 0.4) is 0 Å². The molecule has 2 aromatic carbocycles. The third kappa shape index (κ3) is 5.40. The first-order valence-corrected chi connectivity index (χ1v) is 13.5. The lowest BCUT2D eigenvalue weighted by atomic mass is 9.67. The number of aryl methyl sites for hydroxylation is 1. The Balaban J connectivity index is 1.75. The lowest BCUT2D eigenvalue weighted by molar-refractivity contribution is -0.157. The topological polar surface area (TPSA) is 38.8 Å². The molecule has 4 atom stereocenters. The molecule has 0 unspecified atom stereocenters. The lowest BCUT2D eigenvalue weighted by Gasteiger charge is -2.47. The van der Waals surface area contributed by atoms with Crippen molar-refractivity contribution < 1.29 is 14.3 Å². The van der Waals surface area contributed by atoms with Gasteiger partial charge in [0, 0.05) is 31.7 Å². The average molecular weight is 492 g/mol. The van der Waals surface area contributed by atoms with Gasteiger partial charge in [0.1, 0.15) is 5.60 Å². The minimum absolute atomic E-state index is 0.0536. The molecule has 196 valence electrons. The predicted molar refractivity (Wildman–Crippen MR) is 146 cm³/mol. The van der Waals surface area contributed by atoms with Gasteiger partial charge in [0.25, 0.3) is 0 Å². The summed E-state index contributed by atoms with van der Waals surface area (Å²) in [5.41, 5.74) is 3.38. The van der Waals surface area contributed by atoms with Gasteiger partial charge in [-0.1, -0.05) is 74.0 Å². The maximum absolute atomic E-state index is 13.2. The smallest absolute Gasteiger partial charge is 0.308 e. The van der Waals surface area contributed by atoms with Gasteiger partial charge in [-0.25, -0.2) is 0 Å². The van der Waals surface area contributed by atoms with E-state index in [1.54, 1.807) is 0 Å². The molecule has 4 rings (SSSR count). The highest BCUT2D eigenvalue weighted by Gasteiger charge is 2.64. The van der Waals surface area contributed by atoms with Gasteiger partial charge < -0.3 is 9.47 Å². The van der Waals surface area contributed by atoms with Crippen LogP contribution in [0, 0.1) is 23.7 Å². The maximum Gasteiger partial charge on any atom is 0.308 e. The minimum Gasteiger partial charge on any atom is -0.460 e. The van der Waals surface area contributed by atoms with Gasteiger partial charge in [-0.3, -0.25) is 9.69 Å². The van der Waals surface area contributed by atoms with Crippen molar-refractivity contribution in [1.29, 1.82) is 0 Å². The molecule has 2 fully saturated rings. The molecule has 36 heavy (non-hydrogen) atoms. The number of fused-ring (bicyclic) bond motifs is 2. The van der Waals surface area contributed by atoms with Crippen molar-refractivity contribution in [3.8, 4) is 0 Å². The Hall–Kier alpha value is -2.17. The van der Waals surface area contributed by atoms with Crippen molar-refractivity contribution in [1.82, 2.24) is 4.90 Å². The van der Waals surface area contributed by atoms with Crippen LogP contribution in [0.5, 0.6) is 0 Å². The number of carbonyl (C=O) groups excluding carboxylic acids is 1. The van der Waals surface area contributed by atoms with E-state index < -0.39 is 5.60 Å². The van der Waals surface area contributed by atoms with Gasteiger partial charge >= 0.3 is 5.97 Å².